The fourth-order valence-electron chi connectivity index (χ4n) is 1.89. The Morgan fingerprint density at radius 3 is 2.40 bits per heavy atom. The maximum absolute atomic E-state index is 12.0. The maximum atomic E-state index is 12.0. The van der Waals surface area contributed by atoms with Gasteiger partial charge in [0.15, 0.2) is 0 Å². The van der Waals surface area contributed by atoms with Crippen LogP contribution < -0.4 is 5.73 Å². The van der Waals surface area contributed by atoms with E-state index in [1.165, 1.54) is 0 Å². The number of hydrogen-bond donors (Lipinski definition) is 2. The molecule has 1 aliphatic heterocycles. The van der Waals surface area contributed by atoms with Crippen LogP contribution in [0.2, 0.25) is 5.32 Å². The molecule has 85 valence electrons. The number of amidine groups is 1. The van der Waals surface area contributed by atoms with Crippen molar-refractivity contribution in [2.75, 3.05) is 0 Å². The van der Waals surface area contributed by atoms with Crippen molar-refractivity contribution in [1.29, 1.82) is 5.41 Å². The Kier molecular flexibility index (Phi) is 3.31. The van der Waals surface area contributed by atoms with Gasteiger partial charge >= 0.3 is 96.8 Å². The second-order valence-corrected chi connectivity index (χ2v) is 6.96. The molecule has 0 aromatic heterocycles. The predicted octanol–water partition coefficient (Wildman–Crippen LogP) is 1.15. The van der Waals surface area contributed by atoms with E-state index in [0.29, 0.717) is 0 Å². The number of nitrogens with two attached hydrogens (primary N) is 1. The summed E-state index contributed by atoms with van der Waals surface area (Å²) in [6.07, 6.45) is 2.02. The topological polar surface area (TPSA) is 73.0 Å². The molecule has 1 radical (unpaired) electrons. The van der Waals surface area contributed by atoms with Crippen LogP contribution in [0.5, 0.6) is 0 Å². The van der Waals surface area contributed by atoms with E-state index in [1.54, 1.807) is 0 Å². The molecule has 1 aliphatic rings. The summed E-state index contributed by atoms with van der Waals surface area (Å²) in [5, 5.41) is 21.1. The van der Waals surface area contributed by atoms with E-state index in [4.69, 9.17) is 11.1 Å². The van der Waals surface area contributed by atoms with Crippen LogP contribution in [0.1, 0.15) is 27.7 Å². The van der Waals surface area contributed by atoms with Gasteiger partial charge in [-0.15, -0.1) is 0 Å². The van der Waals surface area contributed by atoms with Crippen molar-refractivity contribution < 1.29 is 5.21 Å². The SMILES string of the molecule is CC1(C)C=C(C[Se]C(=N)N)C(C)(C)N1[O]. The van der Waals surface area contributed by atoms with E-state index in [0.717, 1.165) is 16.0 Å². The number of hydroxylamine groups is 2. The predicted molar refractivity (Wildman–Crippen MR) is 61.2 cm³/mol. The van der Waals surface area contributed by atoms with Gasteiger partial charge in [0.25, 0.3) is 0 Å². The van der Waals surface area contributed by atoms with Crippen LogP contribution in [-0.4, -0.2) is 35.8 Å². The van der Waals surface area contributed by atoms with Crippen molar-refractivity contribution >= 4 is 19.7 Å². The fourth-order valence-corrected chi connectivity index (χ4v) is 3.45. The summed E-state index contributed by atoms with van der Waals surface area (Å²) >= 11 is -0.0234. The molecule has 0 amide bonds. The Hall–Kier alpha value is -0.351. The first-order valence-electron chi connectivity index (χ1n) is 4.84. The van der Waals surface area contributed by atoms with Crippen LogP contribution in [0.4, 0.5) is 0 Å². The average molecular weight is 275 g/mol. The zero-order chi connectivity index (χ0) is 11.9. The molecule has 1 rings (SSSR count). The van der Waals surface area contributed by atoms with Gasteiger partial charge in [-0.3, -0.25) is 0 Å². The molecule has 0 aliphatic carbocycles. The summed E-state index contributed by atoms with van der Waals surface area (Å²) < 4.78 is 0.237. The van der Waals surface area contributed by atoms with Crippen LogP contribution in [0.15, 0.2) is 11.6 Å². The van der Waals surface area contributed by atoms with E-state index in [9.17, 15) is 5.21 Å². The van der Waals surface area contributed by atoms with Crippen LogP contribution in [-0.2, 0) is 5.21 Å². The van der Waals surface area contributed by atoms with E-state index < -0.39 is 11.1 Å². The van der Waals surface area contributed by atoms with Crippen molar-refractivity contribution in [1.82, 2.24) is 5.06 Å². The van der Waals surface area contributed by atoms with E-state index in [2.05, 4.69) is 0 Å². The Labute approximate surface area is 97.1 Å². The van der Waals surface area contributed by atoms with Gasteiger partial charge in [0.05, 0.1) is 0 Å². The fraction of sp³-hybridized carbons (Fsp3) is 0.700. The van der Waals surface area contributed by atoms with E-state index in [1.807, 2.05) is 33.8 Å². The molecule has 0 bridgehead atoms. The van der Waals surface area contributed by atoms with Gasteiger partial charge in [0.1, 0.15) is 0 Å². The molecule has 4 nitrogen and oxygen atoms in total. The minimum atomic E-state index is -0.458. The Balaban J connectivity index is 2.84. The Morgan fingerprint density at radius 1 is 1.53 bits per heavy atom. The minimum absolute atomic E-state index is 0.0234. The van der Waals surface area contributed by atoms with Gasteiger partial charge in [-0.2, -0.15) is 0 Å². The molecule has 3 N–H and O–H groups in total. The number of nitrogens with one attached hydrogen (secondary N) is 1. The molecule has 0 saturated heterocycles. The molecule has 0 unspecified atom stereocenters. The van der Waals surface area contributed by atoms with E-state index >= 15 is 0 Å². The molecule has 1 heterocycles. The molecular formula is C10H18N3OSe. The van der Waals surface area contributed by atoms with Crippen molar-refractivity contribution in [3.05, 3.63) is 11.6 Å². The first kappa shape index (κ1) is 12.7. The molecule has 0 saturated carbocycles. The molecule has 0 fully saturated rings. The molecule has 15 heavy (non-hydrogen) atoms. The van der Waals surface area contributed by atoms with Gasteiger partial charge in [-0.05, 0) is 0 Å². The van der Waals surface area contributed by atoms with Gasteiger partial charge < -0.3 is 0 Å². The van der Waals surface area contributed by atoms with Crippen molar-refractivity contribution in [2.45, 2.75) is 44.1 Å². The monoisotopic (exact) mass is 276 g/mol. The number of hydrogen-bond acceptors (Lipinski definition) is 2. The zero-order valence-electron chi connectivity index (χ0n) is 9.63. The quantitative estimate of drug-likeness (QED) is 0.351. The summed E-state index contributed by atoms with van der Waals surface area (Å²) in [6.45, 7) is 7.68. The number of rotatable bonds is 3. The van der Waals surface area contributed by atoms with Crippen LogP contribution in [0, 0.1) is 5.41 Å². The summed E-state index contributed by atoms with van der Waals surface area (Å²) in [5.74, 6) is 0. The molecule has 0 aromatic carbocycles. The first-order chi connectivity index (χ1) is 6.68. The van der Waals surface area contributed by atoms with Gasteiger partial charge in [0, 0.05) is 0 Å². The summed E-state index contributed by atoms with van der Waals surface area (Å²) in [7, 11) is 0. The zero-order valence-corrected chi connectivity index (χ0v) is 11.3. The second-order valence-electron chi connectivity index (χ2n) is 4.83. The molecular weight excluding hydrogens is 257 g/mol. The van der Waals surface area contributed by atoms with E-state index in [-0.39, 0.29) is 19.7 Å². The third-order valence-electron chi connectivity index (χ3n) is 2.73. The van der Waals surface area contributed by atoms with Crippen LogP contribution in [0.3, 0.4) is 0 Å². The summed E-state index contributed by atoms with van der Waals surface area (Å²) in [6, 6.07) is 0. The number of nitrogens with zero attached hydrogens (tertiary/aromatic N) is 1. The third-order valence-corrected chi connectivity index (χ3v) is 4.34. The van der Waals surface area contributed by atoms with Crippen molar-refractivity contribution in [3.63, 3.8) is 0 Å². The van der Waals surface area contributed by atoms with Gasteiger partial charge in [-0.1, -0.05) is 0 Å². The average Bonchev–Trinajstić information content (AvgIpc) is 2.23. The van der Waals surface area contributed by atoms with Gasteiger partial charge in [0.2, 0.25) is 0 Å². The van der Waals surface area contributed by atoms with Crippen molar-refractivity contribution in [3.8, 4) is 0 Å². The standard InChI is InChI=1S/C10H18N3OSe/c1-9(2)5-7(6-15-8(11)12)10(3,4)13(9)14/h5H,6H2,1-4H3,(H3,11,12). The molecule has 0 aromatic rings. The summed E-state index contributed by atoms with van der Waals surface area (Å²) in [5.41, 5.74) is 5.57. The van der Waals surface area contributed by atoms with Crippen molar-refractivity contribution in [2.24, 2.45) is 5.73 Å². The van der Waals surface area contributed by atoms with Gasteiger partial charge in [-0.25, -0.2) is 0 Å². The van der Waals surface area contributed by atoms with Crippen LogP contribution >= 0.6 is 0 Å². The molecule has 0 atom stereocenters. The van der Waals surface area contributed by atoms with Crippen LogP contribution in [0.25, 0.3) is 0 Å². The molecule has 5 heteroatoms. The Bertz CT molecular complexity index is 310. The Morgan fingerprint density at radius 2 is 2.07 bits per heavy atom. The summed E-state index contributed by atoms with van der Waals surface area (Å²) in [4.78, 5) is 0. The normalized spacial score (nSPS) is 23.9. The third kappa shape index (κ3) is 2.42. The second kappa shape index (κ2) is 3.90. The molecule has 0 spiro atoms. The first-order valence-corrected chi connectivity index (χ1v) is 6.91.